The van der Waals surface area contributed by atoms with E-state index in [0.29, 0.717) is 0 Å². The smallest absolute Gasteiger partial charge is 0.0695 e. The van der Waals surface area contributed by atoms with Gasteiger partial charge in [-0.2, -0.15) is 0 Å². The Morgan fingerprint density at radius 2 is 1.32 bits per heavy atom. The second kappa shape index (κ2) is 5.58. The van der Waals surface area contributed by atoms with E-state index in [1.165, 1.54) is 22.3 Å². The molecule has 0 unspecified atom stereocenters. The van der Waals surface area contributed by atoms with Crippen molar-refractivity contribution >= 4 is 13.6 Å². The van der Waals surface area contributed by atoms with Gasteiger partial charge in [-0.1, -0.05) is 85.5 Å². The van der Waals surface area contributed by atoms with Gasteiger partial charge >= 0.3 is 0 Å². The van der Waals surface area contributed by atoms with Crippen molar-refractivity contribution < 1.29 is 0 Å². The van der Waals surface area contributed by atoms with Crippen LogP contribution in [0.4, 0.5) is 0 Å². The van der Waals surface area contributed by atoms with Crippen molar-refractivity contribution in [3.8, 4) is 0 Å². The third-order valence-corrected chi connectivity index (χ3v) is 4.18. The van der Waals surface area contributed by atoms with Crippen molar-refractivity contribution in [2.45, 2.75) is 26.6 Å². The van der Waals surface area contributed by atoms with Crippen LogP contribution in [0.15, 0.2) is 60.3 Å². The fraction of sp³-hybridized carbons (Fsp3) is 0.222. The molecule has 0 aliphatic carbocycles. The van der Waals surface area contributed by atoms with Crippen molar-refractivity contribution in [1.82, 2.24) is 0 Å². The van der Waals surface area contributed by atoms with Crippen LogP contribution in [0.25, 0.3) is 5.57 Å². The average molecular weight is 266 g/mol. The standard InChI is InChI=1S/C18H22Si/c1-15-10-12-17(13-11-15)18(14-19(2,3)4)16-8-6-5-7-9-16/h5-14H,1-4H3/b18-14-. The molecule has 0 radical (unpaired) electrons. The molecule has 0 amide bonds. The van der Waals surface area contributed by atoms with Gasteiger partial charge in [0, 0.05) is 0 Å². The lowest BCUT2D eigenvalue weighted by Crippen LogP contribution is -2.17. The van der Waals surface area contributed by atoms with Crippen molar-refractivity contribution in [2.24, 2.45) is 0 Å². The number of benzene rings is 2. The van der Waals surface area contributed by atoms with Gasteiger partial charge in [-0.05, 0) is 23.6 Å². The van der Waals surface area contributed by atoms with E-state index in [1.54, 1.807) is 0 Å². The lowest BCUT2D eigenvalue weighted by atomic mass is 9.99. The maximum Gasteiger partial charge on any atom is 0.0695 e. The minimum absolute atomic E-state index is 1.26. The van der Waals surface area contributed by atoms with E-state index in [1.807, 2.05) is 0 Å². The molecule has 0 spiro atoms. The van der Waals surface area contributed by atoms with Crippen LogP contribution in [0.5, 0.6) is 0 Å². The van der Waals surface area contributed by atoms with Crippen LogP contribution in [0.3, 0.4) is 0 Å². The van der Waals surface area contributed by atoms with E-state index in [0.717, 1.165) is 0 Å². The lowest BCUT2D eigenvalue weighted by molar-refractivity contribution is 1.44. The molecule has 0 aliphatic rings. The molecule has 1 heteroatoms. The number of hydrogen-bond donors (Lipinski definition) is 0. The highest BCUT2D eigenvalue weighted by Crippen LogP contribution is 2.26. The minimum atomic E-state index is -1.26. The van der Waals surface area contributed by atoms with Gasteiger partial charge in [0.15, 0.2) is 0 Å². The van der Waals surface area contributed by atoms with Gasteiger partial charge in [0.2, 0.25) is 0 Å². The van der Waals surface area contributed by atoms with E-state index >= 15 is 0 Å². The highest BCUT2D eigenvalue weighted by molar-refractivity contribution is 6.81. The van der Waals surface area contributed by atoms with Gasteiger partial charge in [0.1, 0.15) is 0 Å². The molecule has 0 fully saturated rings. The molecular weight excluding hydrogens is 244 g/mol. The van der Waals surface area contributed by atoms with Gasteiger partial charge in [0.25, 0.3) is 0 Å². The maximum absolute atomic E-state index is 2.49. The summed E-state index contributed by atoms with van der Waals surface area (Å²) in [4.78, 5) is 0. The number of aryl methyl sites for hydroxylation is 1. The highest BCUT2D eigenvalue weighted by atomic mass is 28.3. The van der Waals surface area contributed by atoms with Crippen LogP contribution < -0.4 is 0 Å². The Bertz CT molecular complexity index is 557. The zero-order chi connectivity index (χ0) is 13.9. The van der Waals surface area contributed by atoms with Gasteiger partial charge < -0.3 is 0 Å². The number of rotatable bonds is 3. The van der Waals surface area contributed by atoms with Crippen LogP contribution in [0.1, 0.15) is 16.7 Å². The Kier molecular flexibility index (Phi) is 4.06. The lowest BCUT2D eigenvalue weighted by Gasteiger charge is -2.16. The van der Waals surface area contributed by atoms with E-state index in [-0.39, 0.29) is 0 Å². The number of hydrogen-bond acceptors (Lipinski definition) is 0. The summed E-state index contributed by atoms with van der Waals surface area (Å²) in [5, 5.41) is 0. The average Bonchev–Trinajstić information content (AvgIpc) is 2.37. The summed E-state index contributed by atoms with van der Waals surface area (Å²) >= 11 is 0. The fourth-order valence-corrected chi connectivity index (χ4v) is 3.32. The van der Waals surface area contributed by atoms with Crippen LogP contribution in [0.2, 0.25) is 19.6 Å². The van der Waals surface area contributed by atoms with E-state index < -0.39 is 8.07 Å². The second-order valence-electron chi connectivity index (χ2n) is 6.16. The predicted octanol–water partition coefficient (Wildman–Crippen LogP) is 5.30. The molecule has 2 rings (SSSR count). The molecule has 0 saturated carbocycles. The molecule has 2 aromatic carbocycles. The molecule has 0 aromatic heterocycles. The first-order chi connectivity index (χ1) is 8.96. The monoisotopic (exact) mass is 266 g/mol. The quantitative estimate of drug-likeness (QED) is 0.661. The third kappa shape index (κ3) is 3.93. The van der Waals surface area contributed by atoms with Crippen LogP contribution in [-0.2, 0) is 0 Å². The molecular formula is C18H22Si. The summed E-state index contributed by atoms with van der Waals surface area (Å²) in [5.74, 6) is 0. The summed E-state index contributed by atoms with van der Waals surface area (Å²) in [6.45, 7) is 9.27. The second-order valence-corrected chi connectivity index (χ2v) is 11.2. The van der Waals surface area contributed by atoms with Crippen LogP contribution in [-0.4, -0.2) is 8.07 Å². The molecule has 0 nitrogen and oxygen atoms in total. The first-order valence-electron chi connectivity index (χ1n) is 6.81. The highest BCUT2D eigenvalue weighted by Gasteiger charge is 2.13. The van der Waals surface area contributed by atoms with Crippen LogP contribution >= 0.6 is 0 Å². The van der Waals surface area contributed by atoms with Crippen molar-refractivity contribution in [2.75, 3.05) is 0 Å². The van der Waals surface area contributed by atoms with Gasteiger partial charge in [-0.25, -0.2) is 0 Å². The van der Waals surface area contributed by atoms with Crippen molar-refractivity contribution in [1.29, 1.82) is 0 Å². The molecule has 0 N–H and O–H groups in total. The van der Waals surface area contributed by atoms with Gasteiger partial charge in [0.05, 0.1) is 8.07 Å². The summed E-state index contributed by atoms with van der Waals surface area (Å²) in [6, 6.07) is 19.5. The zero-order valence-electron chi connectivity index (χ0n) is 12.3. The Balaban J connectivity index is 2.53. The zero-order valence-corrected chi connectivity index (χ0v) is 13.3. The molecule has 0 aliphatic heterocycles. The molecule has 0 bridgehead atoms. The predicted molar refractivity (Wildman–Crippen MR) is 88.0 cm³/mol. The minimum Gasteiger partial charge on any atom is -0.0867 e. The fourth-order valence-electron chi connectivity index (χ4n) is 2.12. The largest absolute Gasteiger partial charge is 0.0867 e. The molecule has 0 heterocycles. The molecule has 2 aromatic rings. The van der Waals surface area contributed by atoms with E-state index in [9.17, 15) is 0 Å². The first-order valence-corrected chi connectivity index (χ1v) is 10.4. The van der Waals surface area contributed by atoms with Crippen LogP contribution in [0, 0.1) is 6.92 Å². The van der Waals surface area contributed by atoms with E-state index in [2.05, 4.69) is 86.9 Å². The van der Waals surface area contributed by atoms with Crippen molar-refractivity contribution in [3.63, 3.8) is 0 Å². The summed E-state index contributed by atoms with van der Waals surface area (Å²) < 4.78 is 0. The summed E-state index contributed by atoms with van der Waals surface area (Å²) in [5.41, 5.74) is 7.81. The molecule has 0 atom stereocenters. The molecule has 98 valence electrons. The van der Waals surface area contributed by atoms with Gasteiger partial charge in [-0.15, -0.1) is 0 Å². The van der Waals surface area contributed by atoms with E-state index in [4.69, 9.17) is 0 Å². The Morgan fingerprint density at radius 1 is 0.789 bits per heavy atom. The normalized spacial score (nSPS) is 12.5. The SMILES string of the molecule is Cc1ccc(/C(=C\[Si](C)(C)C)c2ccccc2)cc1. The summed E-state index contributed by atoms with van der Waals surface area (Å²) in [7, 11) is -1.26. The maximum atomic E-state index is 2.49. The van der Waals surface area contributed by atoms with Crippen molar-refractivity contribution in [3.05, 3.63) is 77.0 Å². The molecule has 19 heavy (non-hydrogen) atoms. The Hall–Kier alpha value is -1.60. The molecule has 0 saturated heterocycles. The Labute approximate surface area is 117 Å². The first kappa shape index (κ1) is 13.8. The third-order valence-electron chi connectivity index (χ3n) is 3.02. The topological polar surface area (TPSA) is 0 Å². The summed E-state index contributed by atoms with van der Waals surface area (Å²) in [6.07, 6.45) is 0. The Morgan fingerprint density at radius 3 is 1.84 bits per heavy atom. The van der Waals surface area contributed by atoms with Gasteiger partial charge in [-0.3, -0.25) is 0 Å².